The predicted octanol–water partition coefficient (Wildman–Crippen LogP) is 4.96. The van der Waals surface area contributed by atoms with Gasteiger partial charge in [-0.3, -0.25) is 0 Å². The fourth-order valence-corrected chi connectivity index (χ4v) is 3.06. The van der Waals surface area contributed by atoms with Gasteiger partial charge in [-0.05, 0) is 29.3 Å². The number of carboxylic acids is 1. The quantitative estimate of drug-likeness (QED) is 0.376. The van der Waals surface area contributed by atoms with Crippen LogP contribution in [0.2, 0.25) is 0 Å². The molecule has 0 atom stereocenters. The molecule has 0 aromatic heterocycles. The second-order valence-corrected chi connectivity index (χ2v) is 6.93. The van der Waals surface area contributed by atoms with Crippen molar-refractivity contribution in [1.82, 2.24) is 0 Å². The Morgan fingerprint density at radius 2 is 1.65 bits per heavy atom. The van der Waals surface area contributed by atoms with Gasteiger partial charge >= 0.3 is 11.9 Å². The molecule has 0 aliphatic carbocycles. The van der Waals surface area contributed by atoms with Gasteiger partial charge in [0.2, 0.25) is 0 Å². The van der Waals surface area contributed by atoms with Crippen molar-refractivity contribution >= 4 is 17.4 Å². The fraction of sp³-hybridized carbons (Fsp3) is 0.167. The Balaban J connectivity index is 1.69. The van der Waals surface area contributed by atoms with E-state index in [1.54, 1.807) is 12.1 Å². The van der Waals surface area contributed by atoms with Crippen molar-refractivity contribution in [3.63, 3.8) is 0 Å². The minimum absolute atomic E-state index is 0.253. The summed E-state index contributed by atoms with van der Waals surface area (Å²) in [5.74, 6) is -5.91. The van der Waals surface area contributed by atoms with Crippen LogP contribution in [0.1, 0.15) is 22.3 Å². The molecule has 3 aromatic rings. The van der Waals surface area contributed by atoms with Crippen molar-refractivity contribution in [2.24, 2.45) is 5.16 Å². The molecular weight excluding hydrogens is 402 g/mol. The number of carboxylic acid groups (broad SMARTS) is 1. The monoisotopic (exact) mass is 424 g/mol. The molecule has 0 bridgehead atoms. The van der Waals surface area contributed by atoms with Gasteiger partial charge in [0.25, 0.3) is 0 Å². The summed E-state index contributed by atoms with van der Waals surface area (Å²) >= 11 is 0. The second kappa shape index (κ2) is 9.84. The highest BCUT2D eigenvalue weighted by atomic mass is 19.3. The Kier molecular flexibility index (Phi) is 6.97. The van der Waals surface area contributed by atoms with Crippen LogP contribution in [0.3, 0.4) is 0 Å². The van der Waals surface area contributed by atoms with Crippen LogP contribution in [-0.4, -0.2) is 29.8 Å². The van der Waals surface area contributed by atoms with Crippen molar-refractivity contribution in [3.05, 3.63) is 101 Å². The molecule has 0 spiro atoms. The summed E-state index contributed by atoms with van der Waals surface area (Å²) in [6, 6.07) is 23.8. The van der Waals surface area contributed by atoms with Crippen LogP contribution < -0.4 is 5.32 Å². The second-order valence-electron chi connectivity index (χ2n) is 6.93. The Hall–Kier alpha value is -3.74. The normalized spacial score (nSPS) is 11.8. The van der Waals surface area contributed by atoms with E-state index in [0.717, 1.165) is 22.4 Å². The van der Waals surface area contributed by atoms with Crippen LogP contribution in [0.25, 0.3) is 0 Å². The number of oxime groups is 1. The SMILES string of the molecule is CON=C(c1ccccc1)c1cccc(CNc2ccc(CC(F)(F)C(=O)O)cc2)c1. The van der Waals surface area contributed by atoms with Crippen molar-refractivity contribution in [1.29, 1.82) is 0 Å². The van der Waals surface area contributed by atoms with E-state index in [9.17, 15) is 13.6 Å². The van der Waals surface area contributed by atoms with Gasteiger partial charge in [-0.15, -0.1) is 0 Å². The lowest BCUT2D eigenvalue weighted by atomic mass is 10.0. The van der Waals surface area contributed by atoms with Gasteiger partial charge < -0.3 is 15.3 Å². The van der Waals surface area contributed by atoms with Crippen LogP contribution in [0.4, 0.5) is 14.5 Å². The first-order valence-corrected chi connectivity index (χ1v) is 9.59. The van der Waals surface area contributed by atoms with E-state index in [1.165, 1.54) is 19.2 Å². The first-order chi connectivity index (χ1) is 14.9. The first kappa shape index (κ1) is 22.0. The first-order valence-electron chi connectivity index (χ1n) is 9.59. The lowest BCUT2D eigenvalue weighted by molar-refractivity contribution is -0.164. The number of carbonyl (C=O) groups is 1. The molecule has 0 heterocycles. The number of hydrogen-bond donors (Lipinski definition) is 2. The number of halogens is 2. The molecule has 0 saturated heterocycles. The standard InChI is InChI=1S/C24H22F2N2O3/c1-31-28-22(19-7-3-2-4-8-19)20-9-5-6-18(14-20)16-27-21-12-10-17(11-13-21)15-24(25,26)23(29)30/h2-14,27H,15-16H2,1H3,(H,29,30). The average Bonchev–Trinajstić information content (AvgIpc) is 2.77. The number of rotatable bonds is 9. The third kappa shape index (κ3) is 5.88. The molecule has 2 N–H and O–H groups in total. The number of aliphatic carboxylic acids is 1. The average molecular weight is 424 g/mol. The van der Waals surface area contributed by atoms with E-state index in [2.05, 4.69) is 10.5 Å². The molecule has 0 aliphatic heterocycles. The number of nitrogens with zero attached hydrogens (tertiary/aromatic N) is 1. The largest absolute Gasteiger partial charge is 0.477 e. The number of alkyl halides is 2. The maximum absolute atomic E-state index is 13.3. The van der Waals surface area contributed by atoms with E-state index in [0.29, 0.717) is 12.3 Å². The van der Waals surface area contributed by atoms with Crippen LogP contribution >= 0.6 is 0 Å². The minimum atomic E-state index is -3.78. The van der Waals surface area contributed by atoms with Gasteiger partial charge in [-0.2, -0.15) is 8.78 Å². The van der Waals surface area contributed by atoms with Crippen LogP contribution in [0.15, 0.2) is 84.0 Å². The van der Waals surface area contributed by atoms with E-state index < -0.39 is 18.3 Å². The molecule has 0 aliphatic rings. The molecule has 7 heteroatoms. The van der Waals surface area contributed by atoms with Gasteiger partial charge in [-0.25, -0.2) is 4.79 Å². The molecule has 3 aromatic carbocycles. The number of benzene rings is 3. The van der Waals surface area contributed by atoms with Gasteiger partial charge in [-0.1, -0.05) is 65.8 Å². The summed E-state index contributed by atoms with van der Waals surface area (Å²) < 4.78 is 26.7. The lowest BCUT2D eigenvalue weighted by Crippen LogP contribution is -2.30. The van der Waals surface area contributed by atoms with Crippen molar-refractivity contribution < 1.29 is 23.5 Å². The van der Waals surface area contributed by atoms with E-state index in [-0.39, 0.29) is 5.56 Å². The summed E-state index contributed by atoms with van der Waals surface area (Å²) in [6.07, 6.45) is -0.842. The lowest BCUT2D eigenvalue weighted by Gasteiger charge is -2.12. The Morgan fingerprint density at radius 3 is 2.29 bits per heavy atom. The highest BCUT2D eigenvalue weighted by Gasteiger charge is 2.38. The summed E-state index contributed by atoms with van der Waals surface area (Å²) in [6.45, 7) is 0.507. The summed E-state index contributed by atoms with van der Waals surface area (Å²) in [4.78, 5) is 15.6. The number of hydrogen-bond acceptors (Lipinski definition) is 4. The molecule has 31 heavy (non-hydrogen) atoms. The summed E-state index contributed by atoms with van der Waals surface area (Å²) in [7, 11) is 1.50. The molecule has 0 unspecified atom stereocenters. The Morgan fingerprint density at radius 1 is 0.968 bits per heavy atom. The maximum atomic E-state index is 13.3. The van der Waals surface area contributed by atoms with Gasteiger partial charge in [0.05, 0.1) is 0 Å². The third-order valence-electron chi connectivity index (χ3n) is 4.62. The minimum Gasteiger partial charge on any atom is -0.477 e. The molecular formula is C24H22F2N2O3. The van der Waals surface area contributed by atoms with Gasteiger partial charge in [0, 0.05) is 29.8 Å². The topological polar surface area (TPSA) is 70.9 Å². The molecule has 0 saturated carbocycles. The maximum Gasteiger partial charge on any atom is 0.374 e. The molecule has 3 rings (SSSR count). The molecule has 0 radical (unpaired) electrons. The third-order valence-corrected chi connectivity index (χ3v) is 4.62. The molecule has 160 valence electrons. The summed E-state index contributed by atoms with van der Waals surface area (Å²) in [5.41, 5.74) is 4.54. The molecule has 0 fully saturated rings. The highest BCUT2D eigenvalue weighted by molar-refractivity contribution is 6.12. The zero-order chi connectivity index (χ0) is 22.3. The zero-order valence-corrected chi connectivity index (χ0v) is 16.9. The smallest absolute Gasteiger partial charge is 0.374 e. The van der Waals surface area contributed by atoms with Crippen molar-refractivity contribution in [2.45, 2.75) is 18.9 Å². The number of nitrogens with one attached hydrogen (secondary N) is 1. The molecule has 0 amide bonds. The number of anilines is 1. The molecule has 5 nitrogen and oxygen atoms in total. The van der Waals surface area contributed by atoms with E-state index in [4.69, 9.17) is 9.94 Å². The van der Waals surface area contributed by atoms with E-state index in [1.807, 2.05) is 54.6 Å². The highest BCUT2D eigenvalue weighted by Crippen LogP contribution is 2.22. The van der Waals surface area contributed by atoms with Crippen molar-refractivity contribution in [3.8, 4) is 0 Å². The predicted molar refractivity (Wildman–Crippen MR) is 116 cm³/mol. The van der Waals surface area contributed by atoms with Crippen LogP contribution in [-0.2, 0) is 22.6 Å². The Labute approximate surface area is 179 Å². The van der Waals surface area contributed by atoms with Gasteiger partial charge in [0.1, 0.15) is 12.8 Å². The van der Waals surface area contributed by atoms with Gasteiger partial charge in [0.15, 0.2) is 0 Å². The van der Waals surface area contributed by atoms with E-state index >= 15 is 0 Å². The van der Waals surface area contributed by atoms with Crippen LogP contribution in [0.5, 0.6) is 0 Å². The fourth-order valence-electron chi connectivity index (χ4n) is 3.06. The Bertz CT molecular complexity index is 1050. The van der Waals surface area contributed by atoms with Crippen LogP contribution in [0, 0.1) is 0 Å². The zero-order valence-electron chi connectivity index (χ0n) is 16.9. The summed E-state index contributed by atoms with van der Waals surface area (Å²) in [5, 5.41) is 16.0. The van der Waals surface area contributed by atoms with Crippen molar-refractivity contribution in [2.75, 3.05) is 12.4 Å².